The molecule has 0 aliphatic carbocycles. The fourth-order valence-corrected chi connectivity index (χ4v) is 4.95. The average molecular weight is 442 g/mol. The molecule has 0 heterocycles. The molecule has 0 amide bonds. The molecule has 3 nitrogen and oxygen atoms in total. The van der Waals surface area contributed by atoms with E-state index in [2.05, 4.69) is 60.7 Å². The summed E-state index contributed by atoms with van der Waals surface area (Å²) in [5.41, 5.74) is 4.46. The van der Waals surface area contributed by atoms with Gasteiger partial charge in [0.2, 0.25) is 0 Å². The van der Waals surface area contributed by atoms with Crippen molar-refractivity contribution in [1.82, 2.24) is 0 Å². The predicted octanol–water partition coefficient (Wildman–Crippen LogP) is 5.46. The molecular weight excluding hydrogens is 422 g/mol. The van der Waals surface area contributed by atoms with Crippen LogP contribution in [0.15, 0.2) is 97.1 Å². The van der Waals surface area contributed by atoms with Gasteiger partial charge in [0.05, 0.1) is 0 Å². The summed E-state index contributed by atoms with van der Waals surface area (Å²) in [5, 5.41) is 6.06. The molecule has 5 aromatic rings. The summed E-state index contributed by atoms with van der Waals surface area (Å²) >= 11 is 0. The van der Waals surface area contributed by atoms with Crippen LogP contribution in [0, 0.1) is 0 Å². The number of rotatable bonds is 4. The first kappa shape index (κ1) is 20.3. The molecule has 5 aromatic carbocycles. The van der Waals surface area contributed by atoms with Crippen LogP contribution in [0.3, 0.4) is 0 Å². The van der Waals surface area contributed by atoms with Crippen LogP contribution < -0.4 is 10.6 Å². The standard InChI is InChI=1S/C26H20O3P2/c27-30-19-13-9-17(10-14-19)25-21-5-1-3-7-23(21)26(24-8-4-2-6-22(24)25)18-11-15-20(16-12-18)31(28)29/h1-16,27-30H. The molecule has 0 radical (unpaired) electrons. The van der Waals surface area contributed by atoms with E-state index in [4.69, 9.17) is 0 Å². The van der Waals surface area contributed by atoms with E-state index in [0.717, 1.165) is 43.5 Å². The van der Waals surface area contributed by atoms with Crippen molar-refractivity contribution in [2.24, 2.45) is 0 Å². The number of hydrogen-bond acceptors (Lipinski definition) is 3. The van der Waals surface area contributed by atoms with E-state index in [1.165, 1.54) is 5.56 Å². The van der Waals surface area contributed by atoms with Crippen LogP contribution in [0.4, 0.5) is 0 Å². The second-order valence-corrected chi connectivity index (χ2v) is 9.26. The summed E-state index contributed by atoms with van der Waals surface area (Å²) in [4.78, 5) is 28.5. The van der Waals surface area contributed by atoms with Crippen LogP contribution in [0.5, 0.6) is 0 Å². The van der Waals surface area contributed by atoms with Gasteiger partial charge in [0.25, 0.3) is 0 Å². The topological polar surface area (TPSA) is 60.7 Å². The molecule has 0 saturated carbocycles. The highest BCUT2D eigenvalue weighted by molar-refractivity contribution is 7.54. The summed E-state index contributed by atoms with van der Waals surface area (Å²) in [5.74, 6) is 0. The van der Waals surface area contributed by atoms with E-state index in [1.54, 1.807) is 12.1 Å². The Labute approximate surface area is 183 Å². The maximum Gasteiger partial charge on any atom is 0.199 e. The molecule has 0 fully saturated rings. The van der Waals surface area contributed by atoms with Gasteiger partial charge in [-0.25, -0.2) is 0 Å². The molecule has 0 aliphatic rings. The molecule has 0 aliphatic heterocycles. The summed E-state index contributed by atoms with van der Waals surface area (Å²) in [6, 6.07) is 32.4. The van der Waals surface area contributed by atoms with E-state index in [0.29, 0.717) is 5.30 Å². The van der Waals surface area contributed by atoms with Gasteiger partial charge >= 0.3 is 0 Å². The second kappa shape index (κ2) is 8.48. The first-order valence-corrected chi connectivity index (χ1v) is 12.1. The molecular formula is C26H20O3P2. The number of benzene rings is 5. The minimum atomic E-state index is -2.10. The van der Waals surface area contributed by atoms with Crippen molar-refractivity contribution in [3.05, 3.63) is 97.1 Å². The van der Waals surface area contributed by atoms with Crippen LogP contribution in [0.2, 0.25) is 0 Å². The molecule has 1 atom stereocenters. The van der Waals surface area contributed by atoms with Gasteiger partial charge in [-0.2, -0.15) is 0 Å². The maximum atomic E-state index is 9.53. The quantitative estimate of drug-likeness (QED) is 0.256. The normalized spacial score (nSPS) is 11.9. The Bertz CT molecular complexity index is 1320. The smallest absolute Gasteiger partial charge is 0.199 e. The molecule has 1 unspecified atom stereocenters. The van der Waals surface area contributed by atoms with Crippen LogP contribution in [-0.2, 0) is 0 Å². The zero-order valence-electron chi connectivity index (χ0n) is 16.5. The summed E-state index contributed by atoms with van der Waals surface area (Å²) < 4.78 is 0. The van der Waals surface area contributed by atoms with Crippen molar-refractivity contribution in [1.29, 1.82) is 0 Å². The zero-order chi connectivity index (χ0) is 21.4. The zero-order valence-corrected chi connectivity index (χ0v) is 18.4. The maximum absolute atomic E-state index is 9.53. The largest absolute Gasteiger partial charge is 0.372 e. The molecule has 3 N–H and O–H groups in total. The second-order valence-electron chi connectivity index (χ2n) is 7.37. The molecule has 0 aromatic heterocycles. The highest BCUT2D eigenvalue weighted by Gasteiger charge is 2.16. The lowest BCUT2D eigenvalue weighted by molar-refractivity contribution is 0.497. The van der Waals surface area contributed by atoms with Gasteiger partial charge in [0, 0.05) is 14.1 Å². The first-order valence-electron chi connectivity index (χ1n) is 9.89. The van der Waals surface area contributed by atoms with Crippen molar-refractivity contribution in [2.75, 3.05) is 0 Å². The Balaban J connectivity index is 1.85. The Morgan fingerprint density at radius 2 is 0.903 bits per heavy atom. The minimum Gasteiger partial charge on any atom is -0.372 e. The van der Waals surface area contributed by atoms with Crippen LogP contribution in [0.1, 0.15) is 0 Å². The first-order chi connectivity index (χ1) is 15.2. The summed E-state index contributed by atoms with van der Waals surface area (Å²) in [6.45, 7) is 0. The van der Waals surface area contributed by atoms with Crippen molar-refractivity contribution in [2.45, 2.75) is 0 Å². The number of fused-ring (bicyclic) bond motifs is 2. The van der Waals surface area contributed by atoms with E-state index in [1.807, 2.05) is 24.3 Å². The molecule has 152 valence electrons. The fourth-order valence-electron chi connectivity index (χ4n) is 4.22. The van der Waals surface area contributed by atoms with E-state index >= 15 is 0 Å². The molecule has 5 rings (SSSR count). The fraction of sp³-hybridized carbons (Fsp3) is 0. The van der Waals surface area contributed by atoms with E-state index < -0.39 is 8.38 Å². The highest BCUT2D eigenvalue weighted by Crippen LogP contribution is 2.43. The molecule has 31 heavy (non-hydrogen) atoms. The Morgan fingerprint density at radius 1 is 0.516 bits per heavy atom. The molecule has 0 bridgehead atoms. The van der Waals surface area contributed by atoms with Crippen LogP contribution in [-0.4, -0.2) is 14.7 Å². The van der Waals surface area contributed by atoms with Gasteiger partial charge in [-0.15, -0.1) is 0 Å². The lowest BCUT2D eigenvalue weighted by atomic mass is 9.86. The summed E-state index contributed by atoms with van der Waals surface area (Å²) in [6.07, 6.45) is 0. The molecule has 0 spiro atoms. The lowest BCUT2D eigenvalue weighted by Crippen LogP contribution is -1.99. The van der Waals surface area contributed by atoms with Gasteiger partial charge in [-0.3, -0.25) is 0 Å². The number of hydrogen-bond donors (Lipinski definition) is 3. The van der Waals surface area contributed by atoms with Crippen molar-refractivity contribution in [3.8, 4) is 22.3 Å². The van der Waals surface area contributed by atoms with Gasteiger partial charge in [0.1, 0.15) is 0 Å². The van der Waals surface area contributed by atoms with Gasteiger partial charge in [-0.1, -0.05) is 84.9 Å². The van der Waals surface area contributed by atoms with Gasteiger partial charge in [-0.05, 0) is 61.2 Å². The van der Waals surface area contributed by atoms with Crippen LogP contribution >= 0.6 is 17.2 Å². The molecule has 0 saturated heterocycles. The van der Waals surface area contributed by atoms with E-state index in [-0.39, 0.29) is 8.81 Å². The Hall–Kier alpha value is -2.64. The minimum absolute atomic E-state index is 0.212. The van der Waals surface area contributed by atoms with Crippen molar-refractivity contribution >= 4 is 49.3 Å². The van der Waals surface area contributed by atoms with Crippen molar-refractivity contribution < 1.29 is 14.7 Å². The van der Waals surface area contributed by atoms with Gasteiger partial charge < -0.3 is 14.7 Å². The van der Waals surface area contributed by atoms with Gasteiger partial charge in [0.15, 0.2) is 8.38 Å². The molecule has 5 heteroatoms. The monoisotopic (exact) mass is 442 g/mol. The Kier molecular flexibility index (Phi) is 5.54. The van der Waals surface area contributed by atoms with Crippen molar-refractivity contribution in [3.63, 3.8) is 0 Å². The average Bonchev–Trinajstić information content (AvgIpc) is 2.82. The van der Waals surface area contributed by atoms with Crippen LogP contribution in [0.25, 0.3) is 43.8 Å². The third-order valence-electron chi connectivity index (χ3n) is 5.62. The Morgan fingerprint density at radius 3 is 1.26 bits per heavy atom. The van der Waals surface area contributed by atoms with E-state index in [9.17, 15) is 14.7 Å². The third-order valence-corrected chi connectivity index (χ3v) is 6.97. The summed E-state index contributed by atoms with van der Waals surface area (Å²) in [7, 11) is -2.31. The SMILES string of the molecule is OPc1ccc(-c2c3ccccc3c(-c3ccc(P(O)O)cc3)c3ccccc23)cc1. The third kappa shape index (κ3) is 3.66. The highest BCUT2D eigenvalue weighted by atomic mass is 31.2. The lowest BCUT2D eigenvalue weighted by Gasteiger charge is -2.18. The predicted molar refractivity (Wildman–Crippen MR) is 133 cm³/mol.